The summed E-state index contributed by atoms with van der Waals surface area (Å²) in [5, 5.41) is 13.6. The molecular weight excluding hydrogens is 266 g/mol. The van der Waals surface area contributed by atoms with Crippen molar-refractivity contribution in [2.24, 2.45) is 23.2 Å². The highest BCUT2D eigenvalue weighted by Gasteiger charge is 2.53. The molecule has 21 heavy (non-hydrogen) atoms. The van der Waals surface area contributed by atoms with Crippen LogP contribution in [-0.2, 0) is 9.53 Å². The van der Waals surface area contributed by atoms with Crippen molar-refractivity contribution in [3.05, 3.63) is 0 Å². The number of carbonyl (C=O) groups is 1. The molecule has 0 aromatic heterocycles. The Bertz CT molecular complexity index is 383. The smallest absolute Gasteiger partial charge is 0.338 e. The van der Waals surface area contributed by atoms with Gasteiger partial charge in [-0.3, -0.25) is 0 Å². The third-order valence-electron chi connectivity index (χ3n) is 6.38. The summed E-state index contributed by atoms with van der Waals surface area (Å²) < 4.78 is 4.67. The van der Waals surface area contributed by atoms with Crippen molar-refractivity contribution in [1.82, 2.24) is 5.32 Å². The quantitative estimate of drug-likeness (QED) is 0.763. The van der Waals surface area contributed by atoms with E-state index < -0.39 is 11.6 Å². The largest absolute Gasteiger partial charge is 0.467 e. The lowest BCUT2D eigenvalue weighted by molar-refractivity contribution is -0.160. The number of esters is 1. The molecule has 0 spiro atoms. The van der Waals surface area contributed by atoms with Crippen LogP contribution in [0.5, 0.6) is 0 Å². The molecule has 0 amide bonds. The third kappa shape index (κ3) is 2.72. The molecule has 0 saturated heterocycles. The fourth-order valence-electron chi connectivity index (χ4n) is 5.57. The summed E-state index contributed by atoms with van der Waals surface area (Å²) in [7, 11) is 1.32. The van der Waals surface area contributed by atoms with E-state index in [9.17, 15) is 9.90 Å². The van der Waals surface area contributed by atoms with E-state index in [-0.39, 0.29) is 6.54 Å². The number of hydrogen-bond donors (Lipinski definition) is 2. The number of methoxy groups -OCH3 is 1. The molecule has 4 aliphatic rings. The minimum atomic E-state index is -1.44. The van der Waals surface area contributed by atoms with Gasteiger partial charge in [0.2, 0.25) is 0 Å². The summed E-state index contributed by atoms with van der Waals surface area (Å²) in [5.74, 6) is 2.19. The van der Waals surface area contributed by atoms with Gasteiger partial charge in [0.15, 0.2) is 5.60 Å². The van der Waals surface area contributed by atoms with Crippen LogP contribution in [0.15, 0.2) is 0 Å². The molecule has 0 aliphatic heterocycles. The minimum Gasteiger partial charge on any atom is -0.467 e. The van der Waals surface area contributed by atoms with Crippen LogP contribution >= 0.6 is 0 Å². The Kier molecular flexibility index (Phi) is 3.81. The Balaban J connectivity index is 1.63. The molecule has 0 radical (unpaired) electrons. The van der Waals surface area contributed by atoms with Crippen molar-refractivity contribution in [2.45, 2.75) is 64.0 Å². The molecule has 0 aromatic rings. The topological polar surface area (TPSA) is 58.6 Å². The molecule has 4 rings (SSSR count). The molecule has 2 unspecified atom stereocenters. The van der Waals surface area contributed by atoms with Crippen molar-refractivity contribution in [3.8, 4) is 0 Å². The van der Waals surface area contributed by atoms with Gasteiger partial charge in [-0.1, -0.05) is 0 Å². The second-order valence-corrected chi connectivity index (χ2v) is 8.15. The van der Waals surface area contributed by atoms with Crippen molar-refractivity contribution in [2.75, 3.05) is 13.7 Å². The standard InChI is InChI=1S/C17H29NO3/c1-11(18-10-16(2,20)15(19)21-3)17-7-12-4-13(8-17)6-14(5-12)9-17/h11-14,18,20H,4-10H2,1-3H3. The molecule has 120 valence electrons. The second kappa shape index (κ2) is 5.24. The highest BCUT2D eigenvalue weighted by atomic mass is 16.5. The van der Waals surface area contributed by atoms with Crippen LogP contribution in [-0.4, -0.2) is 36.4 Å². The van der Waals surface area contributed by atoms with Crippen LogP contribution in [0.1, 0.15) is 52.4 Å². The van der Waals surface area contributed by atoms with Gasteiger partial charge in [0.05, 0.1) is 7.11 Å². The van der Waals surface area contributed by atoms with E-state index in [1.165, 1.54) is 52.6 Å². The summed E-state index contributed by atoms with van der Waals surface area (Å²) in [6, 6.07) is 0.349. The van der Waals surface area contributed by atoms with Crippen molar-refractivity contribution >= 4 is 5.97 Å². The van der Waals surface area contributed by atoms with Gasteiger partial charge in [0, 0.05) is 12.6 Å². The Morgan fingerprint density at radius 1 is 1.29 bits per heavy atom. The zero-order chi connectivity index (χ0) is 15.3. The lowest BCUT2D eigenvalue weighted by atomic mass is 9.48. The summed E-state index contributed by atoms with van der Waals surface area (Å²) in [6.07, 6.45) is 8.29. The van der Waals surface area contributed by atoms with E-state index >= 15 is 0 Å². The Labute approximate surface area is 127 Å². The first-order chi connectivity index (χ1) is 9.84. The first kappa shape index (κ1) is 15.3. The fraction of sp³-hybridized carbons (Fsp3) is 0.941. The maximum absolute atomic E-state index is 11.6. The Morgan fingerprint density at radius 3 is 2.19 bits per heavy atom. The minimum absolute atomic E-state index is 0.266. The highest BCUT2D eigenvalue weighted by molar-refractivity contribution is 5.78. The second-order valence-electron chi connectivity index (χ2n) is 8.15. The number of rotatable bonds is 5. The number of hydrogen-bond acceptors (Lipinski definition) is 4. The zero-order valence-electron chi connectivity index (χ0n) is 13.5. The lowest BCUT2D eigenvalue weighted by Crippen LogP contribution is -2.57. The van der Waals surface area contributed by atoms with Gasteiger partial charge in [-0.05, 0) is 75.5 Å². The normalized spacial score (nSPS) is 41.6. The summed E-state index contributed by atoms with van der Waals surface area (Å²) in [4.78, 5) is 11.6. The highest BCUT2D eigenvalue weighted by Crippen LogP contribution is 2.61. The van der Waals surface area contributed by atoms with E-state index in [1.807, 2.05) is 0 Å². The van der Waals surface area contributed by atoms with Crippen LogP contribution < -0.4 is 5.32 Å². The van der Waals surface area contributed by atoms with Gasteiger partial charge < -0.3 is 15.2 Å². The van der Waals surface area contributed by atoms with Crippen LogP contribution in [0.25, 0.3) is 0 Å². The molecule has 2 atom stereocenters. The molecule has 0 aromatic carbocycles. The Hall–Kier alpha value is -0.610. The fourth-order valence-corrected chi connectivity index (χ4v) is 5.57. The van der Waals surface area contributed by atoms with Gasteiger partial charge in [-0.2, -0.15) is 0 Å². The molecule has 4 fully saturated rings. The summed E-state index contributed by atoms with van der Waals surface area (Å²) in [6.45, 7) is 4.03. The van der Waals surface area contributed by atoms with Crippen molar-refractivity contribution in [1.29, 1.82) is 0 Å². The molecular formula is C17H29NO3. The number of carbonyl (C=O) groups excluding carboxylic acids is 1. The Morgan fingerprint density at radius 2 is 1.76 bits per heavy atom. The molecule has 4 nitrogen and oxygen atoms in total. The number of ether oxygens (including phenoxy) is 1. The van der Waals surface area contributed by atoms with E-state index in [0.717, 1.165) is 17.8 Å². The molecule has 4 saturated carbocycles. The molecule has 4 heteroatoms. The first-order valence-electron chi connectivity index (χ1n) is 8.39. The first-order valence-corrected chi connectivity index (χ1v) is 8.39. The maximum atomic E-state index is 11.6. The van der Waals surface area contributed by atoms with Crippen LogP contribution in [0.3, 0.4) is 0 Å². The molecule has 4 aliphatic carbocycles. The summed E-state index contributed by atoms with van der Waals surface area (Å²) >= 11 is 0. The number of nitrogens with one attached hydrogen (secondary N) is 1. The van der Waals surface area contributed by atoms with Crippen molar-refractivity contribution < 1.29 is 14.6 Å². The summed E-state index contributed by atoms with van der Waals surface area (Å²) in [5.41, 5.74) is -1.05. The van der Waals surface area contributed by atoms with Gasteiger partial charge in [-0.25, -0.2) is 4.79 Å². The molecule has 0 heterocycles. The van der Waals surface area contributed by atoms with Gasteiger partial charge in [-0.15, -0.1) is 0 Å². The maximum Gasteiger partial charge on any atom is 0.338 e. The van der Waals surface area contributed by atoms with E-state index in [4.69, 9.17) is 0 Å². The van der Waals surface area contributed by atoms with E-state index in [2.05, 4.69) is 17.0 Å². The van der Waals surface area contributed by atoms with Gasteiger partial charge in [0.25, 0.3) is 0 Å². The zero-order valence-corrected chi connectivity index (χ0v) is 13.5. The predicted octanol–water partition coefficient (Wildman–Crippen LogP) is 2.10. The van der Waals surface area contributed by atoms with E-state index in [0.29, 0.717) is 11.5 Å². The molecule has 2 N–H and O–H groups in total. The third-order valence-corrected chi connectivity index (χ3v) is 6.38. The van der Waals surface area contributed by atoms with Crippen LogP contribution in [0.4, 0.5) is 0 Å². The van der Waals surface area contributed by atoms with Gasteiger partial charge >= 0.3 is 5.97 Å². The van der Waals surface area contributed by atoms with Crippen LogP contribution in [0.2, 0.25) is 0 Å². The SMILES string of the molecule is COC(=O)C(C)(O)CNC(C)C12CC3CC(CC(C3)C1)C2. The lowest BCUT2D eigenvalue weighted by Gasteiger charge is -2.59. The van der Waals surface area contributed by atoms with Gasteiger partial charge in [0.1, 0.15) is 0 Å². The monoisotopic (exact) mass is 295 g/mol. The number of aliphatic hydroxyl groups is 1. The van der Waals surface area contributed by atoms with E-state index in [1.54, 1.807) is 0 Å². The average Bonchev–Trinajstić information content (AvgIpc) is 2.42. The average molecular weight is 295 g/mol. The predicted molar refractivity (Wildman–Crippen MR) is 80.7 cm³/mol. The van der Waals surface area contributed by atoms with Crippen molar-refractivity contribution in [3.63, 3.8) is 0 Å². The van der Waals surface area contributed by atoms with Crippen LogP contribution in [0, 0.1) is 23.2 Å². The molecule has 4 bridgehead atoms.